The van der Waals surface area contributed by atoms with E-state index >= 15 is 0 Å². The molecule has 0 aliphatic carbocycles. The molecule has 1 atom stereocenters. The second kappa shape index (κ2) is 11.0. The lowest BCUT2D eigenvalue weighted by atomic mass is 9.93. The van der Waals surface area contributed by atoms with Crippen molar-refractivity contribution in [3.8, 4) is 5.75 Å². The Balaban J connectivity index is 1.86. The van der Waals surface area contributed by atoms with E-state index in [1.165, 1.54) is 0 Å². The molecule has 1 heterocycles. The van der Waals surface area contributed by atoms with Crippen LogP contribution in [0.4, 0.5) is 0 Å². The van der Waals surface area contributed by atoms with Crippen LogP contribution in [0.3, 0.4) is 0 Å². The predicted molar refractivity (Wildman–Crippen MR) is 123 cm³/mol. The van der Waals surface area contributed by atoms with Crippen LogP contribution in [0.15, 0.2) is 65.9 Å². The van der Waals surface area contributed by atoms with Gasteiger partial charge in [-0.2, -0.15) is 0 Å². The van der Waals surface area contributed by atoms with Gasteiger partial charge >= 0.3 is 0 Å². The largest absolute Gasteiger partial charge is 0.503 e. The second-order valence-electron chi connectivity index (χ2n) is 8.12. The van der Waals surface area contributed by atoms with E-state index in [1.54, 1.807) is 18.1 Å². The van der Waals surface area contributed by atoms with Crippen molar-refractivity contribution in [3.05, 3.63) is 77.1 Å². The summed E-state index contributed by atoms with van der Waals surface area (Å²) in [6, 6.07) is 16.3. The Kier molecular flexibility index (Phi) is 8.06. The molecule has 6 heteroatoms. The lowest BCUT2D eigenvalue weighted by molar-refractivity contribution is -0.129. The molecular formula is C26H31NO5. The quantitative estimate of drug-likeness (QED) is 0.527. The summed E-state index contributed by atoms with van der Waals surface area (Å²) < 4.78 is 10.9. The van der Waals surface area contributed by atoms with Gasteiger partial charge in [-0.25, -0.2) is 0 Å². The van der Waals surface area contributed by atoms with E-state index in [1.807, 2.05) is 62.4 Å². The first-order valence-electron chi connectivity index (χ1n) is 11.0. The fraction of sp³-hybridized carbons (Fsp3) is 0.385. The van der Waals surface area contributed by atoms with Crippen LogP contribution in [0.5, 0.6) is 5.75 Å². The number of hydrogen-bond donors (Lipinski definition) is 1. The van der Waals surface area contributed by atoms with Crippen LogP contribution < -0.4 is 4.74 Å². The lowest BCUT2D eigenvalue weighted by Gasteiger charge is -2.27. The van der Waals surface area contributed by atoms with E-state index in [2.05, 4.69) is 0 Å². The SMILES string of the molecule is COc1cccc(C2C(C(=O)CCc3ccccc3)=C(O)C(=O)N2CCCOC(C)C)c1. The summed E-state index contributed by atoms with van der Waals surface area (Å²) in [5.74, 6) is -0.583. The normalized spacial score (nSPS) is 16.2. The average molecular weight is 438 g/mol. The Hall–Kier alpha value is -3.12. The molecule has 2 aromatic carbocycles. The molecular weight excluding hydrogens is 406 g/mol. The maximum atomic E-state index is 13.2. The highest BCUT2D eigenvalue weighted by Crippen LogP contribution is 2.39. The van der Waals surface area contributed by atoms with Crippen LogP contribution in [-0.2, 0) is 20.7 Å². The Morgan fingerprint density at radius 3 is 2.56 bits per heavy atom. The molecule has 1 amide bonds. The third-order valence-electron chi connectivity index (χ3n) is 5.49. The molecule has 1 aliphatic heterocycles. The van der Waals surface area contributed by atoms with Crippen molar-refractivity contribution in [2.75, 3.05) is 20.3 Å². The van der Waals surface area contributed by atoms with Crippen molar-refractivity contribution in [3.63, 3.8) is 0 Å². The van der Waals surface area contributed by atoms with E-state index in [-0.39, 0.29) is 23.9 Å². The van der Waals surface area contributed by atoms with Crippen molar-refractivity contribution in [1.82, 2.24) is 4.90 Å². The minimum absolute atomic E-state index is 0.0973. The first kappa shape index (κ1) is 23.5. The number of rotatable bonds is 11. The number of Topliss-reactive ketones (excluding diaryl/α,β-unsaturated/α-hetero) is 1. The van der Waals surface area contributed by atoms with Gasteiger partial charge in [0.1, 0.15) is 5.75 Å². The zero-order valence-electron chi connectivity index (χ0n) is 18.9. The number of nitrogens with zero attached hydrogens (tertiary/aromatic N) is 1. The second-order valence-corrected chi connectivity index (χ2v) is 8.12. The summed E-state index contributed by atoms with van der Waals surface area (Å²) in [6.45, 7) is 4.77. The van der Waals surface area contributed by atoms with Crippen molar-refractivity contribution in [2.24, 2.45) is 0 Å². The van der Waals surface area contributed by atoms with Gasteiger partial charge in [0.25, 0.3) is 5.91 Å². The average Bonchev–Trinajstić information content (AvgIpc) is 3.06. The third kappa shape index (κ3) is 5.56. The number of aryl methyl sites for hydroxylation is 1. The number of amides is 1. The Bertz CT molecular complexity index is 967. The van der Waals surface area contributed by atoms with E-state index < -0.39 is 17.7 Å². The van der Waals surface area contributed by atoms with Crippen LogP contribution in [-0.4, -0.2) is 48.1 Å². The molecule has 1 unspecified atom stereocenters. The van der Waals surface area contributed by atoms with Crippen LogP contribution in [0, 0.1) is 0 Å². The van der Waals surface area contributed by atoms with Crippen LogP contribution in [0.1, 0.15) is 43.9 Å². The molecule has 0 radical (unpaired) electrons. The van der Waals surface area contributed by atoms with Gasteiger partial charge in [-0.1, -0.05) is 42.5 Å². The van der Waals surface area contributed by atoms with E-state index in [9.17, 15) is 14.7 Å². The molecule has 0 saturated heterocycles. The number of carbonyl (C=O) groups is 2. The third-order valence-corrected chi connectivity index (χ3v) is 5.49. The van der Waals surface area contributed by atoms with E-state index in [0.717, 1.165) is 11.1 Å². The fourth-order valence-corrected chi connectivity index (χ4v) is 3.92. The first-order chi connectivity index (χ1) is 15.4. The van der Waals surface area contributed by atoms with Crippen LogP contribution in [0.2, 0.25) is 0 Å². The van der Waals surface area contributed by atoms with Gasteiger partial charge in [0.15, 0.2) is 11.5 Å². The topological polar surface area (TPSA) is 76.1 Å². The number of aliphatic hydroxyl groups excluding tert-OH is 1. The zero-order chi connectivity index (χ0) is 23.1. The number of carbonyl (C=O) groups excluding carboxylic acids is 2. The molecule has 1 N–H and O–H groups in total. The molecule has 32 heavy (non-hydrogen) atoms. The van der Waals surface area contributed by atoms with Gasteiger partial charge in [-0.05, 0) is 49.9 Å². The number of ether oxygens (including phenoxy) is 2. The summed E-state index contributed by atoms with van der Waals surface area (Å²) in [7, 11) is 1.57. The molecule has 0 saturated carbocycles. The van der Waals surface area contributed by atoms with Gasteiger partial charge < -0.3 is 19.5 Å². The Morgan fingerprint density at radius 1 is 1.12 bits per heavy atom. The highest BCUT2D eigenvalue weighted by molar-refractivity contribution is 6.09. The summed E-state index contributed by atoms with van der Waals surface area (Å²) in [6.07, 6.45) is 1.45. The molecule has 2 aromatic rings. The minimum atomic E-state index is -0.653. The van der Waals surface area contributed by atoms with Crippen molar-refractivity contribution in [1.29, 1.82) is 0 Å². The van der Waals surface area contributed by atoms with Gasteiger partial charge in [0, 0.05) is 19.6 Å². The molecule has 0 aromatic heterocycles. The first-order valence-corrected chi connectivity index (χ1v) is 11.0. The number of ketones is 1. The zero-order valence-corrected chi connectivity index (χ0v) is 18.9. The molecule has 3 rings (SSSR count). The maximum Gasteiger partial charge on any atom is 0.290 e. The van der Waals surface area contributed by atoms with E-state index in [4.69, 9.17) is 9.47 Å². The van der Waals surface area contributed by atoms with Gasteiger partial charge in [-0.3, -0.25) is 9.59 Å². The predicted octanol–water partition coefficient (Wildman–Crippen LogP) is 4.41. The summed E-state index contributed by atoms with van der Waals surface area (Å²) in [5.41, 5.74) is 1.92. The van der Waals surface area contributed by atoms with E-state index in [0.29, 0.717) is 31.7 Å². The Morgan fingerprint density at radius 2 is 1.88 bits per heavy atom. The maximum absolute atomic E-state index is 13.2. The van der Waals surface area contributed by atoms with Crippen molar-refractivity contribution < 1.29 is 24.2 Å². The fourth-order valence-electron chi connectivity index (χ4n) is 3.92. The summed E-state index contributed by atoms with van der Waals surface area (Å²) in [5, 5.41) is 10.7. The standard InChI is InChI=1S/C26H31NO5/c1-18(2)32-16-8-15-27-24(20-11-7-12-21(17-20)31-3)23(25(29)26(27)30)22(28)14-13-19-9-5-4-6-10-19/h4-7,9-12,17-18,24,29H,8,13-16H2,1-3H3. The van der Waals surface area contributed by atoms with Crippen molar-refractivity contribution >= 4 is 11.7 Å². The van der Waals surface area contributed by atoms with Crippen LogP contribution in [0.25, 0.3) is 0 Å². The molecule has 1 aliphatic rings. The highest BCUT2D eigenvalue weighted by atomic mass is 16.5. The number of methoxy groups -OCH3 is 1. The Labute approximate surface area is 189 Å². The number of hydrogen-bond acceptors (Lipinski definition) is 5. The summed E-state index contributed by atoms with van der Waals surface area (Å²) >= 11 is 0. The van der Waals surface area contributed by atoms with Gasteiger partial charge in [0.05, 0.1) is 24.8 Å². The molecule has 0 fully saturated rings. The molecule has 0 spiro atoms. The lowest BCUT2D eigenvalue weighted by Crippen LogP contribution is -2.32. The number of benzene rings is 2. The monoisotopic (exact) mass is 437 g/mol. The molecule has 0 bridgehead atoms. The van der Waals surface area contributed by atoms with Crippen LogP contribution >= 0.6 is 0 Å². The van der Waals surface area contributed by atoms with Gasteiger partial charge in [0.2, 0.25) is 0 Å². The minimum Gasteiger partial charge on any atom is -0.503 e. The van der Waals surface area contributed by atoms with Gasteiger partial charge in [-0.15, -0.1) is 0 Å². The smallest absolute Gasteiger partial charge is 0.290 e. The highest BCUT2D eigenvalue weighted by Gasteiger charge is 2.43. The number of aliphatic hydroxyl groups is 1. The van der Waals surface area contributed by atoms with Crippen molar-refractivity contribution in [2.45, 2.75) is 45.3 Å². The molecule has 170 valence electrons. The summed E-state index contributed by atoms with van der Waals surface area (Å²) in [4.78, 5) is 27.7. The molecule has 6 nitrogen and oxygen atoms in total.